The van der Waals surface area contributed by atoms with Gasteiger partial charge in [0, 0.05) is 30.7 Å². The minimum absolute atomic E-state index is 0.0823. The summed E-state index contributed by atoms with van der Waals surface area (Å²) in [7, 11) is 1.50. The smallest absolute Gasteiger partial charge is 0.280 e. The fourth-order valence-electron chi connectivity index (χ4n) is 4.60. The van der Waals surface area contributed by atoms with Gasteiger partial charge in [0.25, 0.3) is 5.92 Å². The molecule has 0 amide bonds. The molecule has 0 bridgehead atoms. The maximum atomic E-state index is 14.9. The molecular weight excluding hydrogens is 444 g/mol. The molecule has 176 valence electrons. The number of hydrogen-bond donors (Lipinski definition) is 1. The predicted molar refractivity (Wildman–Crippen MR) is 121 cm³/mol. The summed E-state index contributed by atoms with van der Waals surface area (Å²) in [4.78, 5) is 14.9. The summed E-state index contributed by atoms with van der Waals surface area (Å²) in [6, 6.07) is 6.68. The van der Waals surface area contributed by atoms with Crippen LogP contribution in [0.5, 0.6) is 5.88 Å². The van der Waals surface area contributed by atoms with Crippen LogP contribution in [0.4, 0.5) is 14.7 Å². The van der Waals surface area contributed by atoms with Gasteiger partial charge in [-0.15, -0.1) is 5.10 Å². The second-order valence-electron chi connectivity index (χ2n) is 8.64. The molecule has 2 aliphatic heterocycles. The van der Waals surface area contributed by atoms with Gasteiger partial charge in [-0.25, -0.2) is 13.3 Å². The molecule has 1 unspecified atom stereocenters. The normalized spacial score (nSPS) is 21.0. The van der Waals surface area contributed by atoms with E-state index >= 15 is 0 Å². The van der Waals surface area contributed by atoms with E-state index in [9.17, 15) is 8.78 Å². The van der Waals surface area contributed by atoms with Crippen LogP contribution in [-0.2, 0) is 4.74 Å². The number of aromatic nitrogens is 5. The Bertz CT molecular complexity index is 1360. The van der Waals surface area contributed by atoms with Gasteiger partial charge in [0.2, 0.25) is 11.8 Å². The number of ether oxygens (including phenoxy) is 2. The van der Waals surface area contributed by atoms with Gasteiger partial charge in [0.1, 0.15) is 5.52 Å². The third kappa shape index (κ3) is 3.61. The molecule has 11 heteroatoms. The van der Waals surface area contributed by atoms with Crippen molar-refractivity contribution in [3.05, 3.63) is 42.9 Å². The number of piperidine rings is 1. The summed E-state index contributed by atoms with van der Waals surface area (Å²) >= 11 is 0. The van der Waals surface area contributed by atoms with Crippen molar-refractivity contribution in [1.82, 2.24) is 29.5 Å². The van der Waals surface area contributed by atoms with Gasteiger partial charge in [-0.1, -0.05) is 6.07 Å². The Balaban J connectivity index is 1.30. The summed E-state index contributed by atoms with van der Waals surface area (Å²) in [6.45, 7) is 1.30. The summed E-state index contributed by atoms with van der Waals surface area (Å²) in [5, 5.41) is 7.31. The Morgan fingerprint density at radius 2 is 1.97 bits per heavy atom. The number of rotatable bonds is 5. The third-order valence-electron chi connectivity index (χ3n) is 6.52. The highest BCUT2D eigenvalue weighted by Gasteiger charge is 2.47. The number of likely N-dealkylation sites (tertiary alicyclic amines) is 1. The van der Waals surface area contributed by atoms with Crippen molar-refractivity contribution in [2.24, 2.45) is 0 Å². The van der Waals surface area contributed by atoms with Gasteiger partial charge >= 0.3 is 0 Å². The third-order valence-corrected chi connectivity index (χ3v) is 6.52. The number of anilines is 1. The summed E-state index contributed by atoms with van der Waals surface area (Å²) < 4.78 is 42.1. The first-order valence-electron chi connectivity index (χ1n) is 11.1. The Kier molecular flexibility index (Phi) is 5.03. The average molecular weight is 467 g/mol. The molecule has 2 aliphatic rings. The second kappa shape index (κ2) is 8.10. The molecule has 5 heterocycles. The van der Waals surface area contributed by atoms with E-state index in [1.165, 1.54) is 7.11 Å². The maximum absolute atomic E-state index is 14.9. The summed E-state index contributed by atoms with van der Waals surface area (Å²) in [5.74, 6) is -2.53. The highest BCUT2D eigenvalue weighted by molar-refractivity contribution is 5.89. The molecule has 2 fully saturated rings. The molecule has 2 saturated heterocycles. The van der Waals surface area contributed by atoms with Crippen LogP contribution in [-0.4, -0.2) is 80.9 Å². The van der Waals surface area contributed by atoms with E-state index < -0.39 is 12.0 Å². The highest BCUT2D eigenvalue weighted by Crippen LogP contribution is 2.34. The van der Waals surface area contributed by atoms with E-state index in [1.807, 2.05) is 24.3 Å². The number of hydrogen-bond acceptors (Lipinski definition) is 8. The van der Waals surface area contributed by atoms with Crippen LogP contribution in [0.3, 0.4) is 0 Å². The minimum atomic E-state index is -2.92. The summed E-state index contributed by atoms with van der Waals surface area (Å²) in [6.07, 6.45) is 5.34. The maximum Gasteiger partial charge on any atom is 0.280 e. The molecule has 0 saturated carbocycles. The van der Waals surface area contributed by atoms with Gasteiger partial charge < -0.3 is 14.8 Å². The van der Waals surface area contributed by atoms with Gasteiger partial charge in [0.15, 0.2) is 0 Å². The van der Waals surface area contributed by atoms with Crippen LogP contribution in [0.1, 0.15) is 6.42 Å². The number of benzene rings is 1. The van der Waals surface area contributed by atoms with Crippen molar-refractivity contribution in [2.45, 2.75) is 24.4 Å². The lowest BCUT2D eigenvalue weighted by molar-refractivity contribution is -0.131. The summed E-state index contributed by atoms with van der Waals surface area (Å²) in [5.41, 5.74) is 3.94. The molecule has 1 N–H and O–H groups in total. The first kappa shape index (κ1) is 21.1. The number of alkyl halides is 2. The van der Waals surface area contributed by atoms with Crippen molar-refractivity contribution in [2.75, 3.05) is 38.7 Å². The Morgan fingerprint density at radius 1 is 1.15 bits per heavy atom. The van der Waals surface area contributed by atoms with Crippen molar-refractivity contribution >= 4 is 22.5 Å². The van der Waals surface area contributed by atoms with Crippen molar-refractivity contribution < 1.29 is 18.3 Å². The van der Waals surface area contributed by atoms with Crippen LogP contribution in [0.15, 0.2) is 42.9 Å². The zero-order valence-electron chi connectivity index (χ0n) is 18.5. The molecule has 34 heavy (non-hydrogen) atoms. The van der Waals surface area contributed by atoms with Crippen molar-refractivity contribution in [3.63, 3.8) is 0 Å². The number of methoxy groups -OCH3 is 1. The topological polar surface area (TPSA) is 89.7 Å². The Labute approximate surface area is 193 Å². The van der Waals surface area contributed by atoms with E-state index in [2.05, 4.69) is 25.4 Å². The number of nitrogens with one attached hydrogen (secondary N) is 1. The first-order chi connectivity index (χ1) is 16.5. The van der Waals surface area contributed by atoms with E-state index in [-0.39, 0.29) is 25.0 Å². The van der Waals surface area contributed by atoms with E-state index in [4.69, 9.17) is 9.47 Å². The van der Waals surface area contributed by atoms with E-state index in [0.717, 1.165) is 22.2 Å². The van der Waals surface area contributed by atoms with Crippen LogP contribution in [0, 0.1) is 0 Å². The lowest BCUT2D eigenvalue weighted by atomic mass is 9.98. The highest BCUT2D eigenvalue weighted by atomic mass is 19.3. The van der Waals surface area contributed by atoms with Crippen molar-refractivity contribution in [3.8, 4) is 17.0 Å². The van der Waals surface area contributed by atoms with Crippen molar-refractivity contribution in [1.29, 1.82) is 0 Å². The van der Waals surface area contributed by atoms with Crippen LogP contribution in [0.2, 0.25) is 0 Å². The predicted octanol–water partition coefficient (Wildman–Crippen LogP) is 2.87. The molecule has 9 nitrogen and oxygen atoms in total. The SMILES string of the molecule is COc1nc(NC2CCN(C3COC3)CC2(F)F)nn2ccc(-c3ccc4nccnc4c3)c12. The Hall–Kier alpha value is -3.44. The van der Waals surface area contributed by atoms with E-state index in [0.29, 0.717) is 31.2 Å². The fourth-order valence-corrected chi connectivity index (χ4v) is 4.60. The Morgan fingerprint density at radius 3 is 2.71 bits per heavy atom. The quantitative estimate of drug-likeness (QED) is 0.479. The molecule has 0 radical (unpaired) electrons. The molecule has 4 aromatic rings. The molecule has 0 spiro atoms. The molecule has 1 atom stereocenters. The average Bonchev–Trinajstić information content (AvgIpc) is 3.22. The standard InChI is InChI=1S/C23H23F2N7O2/c1-33-21-20-16(14-2-3-17-18(10-14)27-7-6-26-17)4-9-32(20)30-22(29-21)28-19-5-8-31(13-23(19,24)25)15-11-34-12-15/h2-4,6-7,9-10,15,19H,5,8,11-13H2,1H3,(H,28,30). The van der Waals surface area contributed by atoms with Crippen LogP contribution >= 0.6 is 0 Å². The second-order valence-corrected chi connectivity index (χ2v) is 8.64. The number of nitrogens with zero attached hydrogens (tertiary/aromatic N) is 6. The monoisotopic (exact) mass is 467 g/mol. The van der Waals surface area contributed by atoms with Gasteiger partial charge in [0.05, 0.1) is 50.0 Å². The molecule has 3 aromatic heterocycles. The van der Waals surface area contributed by atoms with E-state index in [1.54, 1.807) is 28.0 Å². The molecule has 6 rings (SSSR count). The fraction of sp³-hybridized carbons (Fsp3) is 0.391. The van der Waals surface area contributed by atoms with Gasteiger partial charge in [-0.05, 0) is 30.2 Å². The number of fused-ring (bicyclic) bond motifs is 2. The van der Waals surface area contributed by atoms with Crippen LogP contribution < -0.4 is 10.1 Å². The van der Waals surface area contributed by atoms with Gasteiger partial charge in [-0.3, -0.25) is 14.9 Å². The lowest BCUT2D eigenvalue weighted by Gasteiger charge is -2.44. The molecular formula is C23H23F2N7O2. The molecule has 0 aliphatic carbocycles. The zero-order valence-corrected chi connectivity index (χ0v) is 18.5. The minimum Gasteiger partial charge on any atom is -0.479 e. The largest absolute Gasteiger partial charge is 0.479 e. The van der Waals surface area contributed by atoms with Crippen LogP contribution in [0.25, 0.3) is 27.7 Å². The lowest BCUT2D eigenvalue weighted by Crippen LogP contribution is -2.61. The van der Waals surface area contributed by atoms with Gasteiger partial charge in [-0.2, -0.15) is 4.98 Å². The zero-order chi connectivity index (χ0) is 23.3. The number of halogens is 2. The molecule has 1 aromatic carbocycles. The first-order valence-corrected chi connectivity index (χ1v) is 11.1.